The van der Waals surface area contributed by atoms with Gasteiger partial charge in [-0.25, -0.2) is 9.97 Å². The summed E-state index contributed by atoms with van der Waals surface area (Å²) < 4.78 is 10.4. The molecular formula is C13H22ClN3O2. The number of anilines is 1. The second kappa shape index (κ2) is 7.62. The monoisotopic (exact) mass is 287 g/mol. The summed E-state index contributed by atoms with van der Waals surface area (Å²) in [5.74, 6) is 1.51. The Morgan fingerprint density at radius 1 is 1.21 bits per heavy atom. The molecule has 1 heterocycles. The molecule has 0 radical (unpaired) electrons. The van der Waals surface area contributed by atoms with Gasteiger partial charge in [0.2, 0.25) is 0 Å². The summed E-state index contributed by atoms with van der Waals surface area (Å²) in [5.41, 5.74) is 0.881. The second-order valence-electron chi connectivity index (χ2n) is 4.50. The molecule has 1 aromatic heterocycles. The van der Waals surface area contributed by atoms with Crippen LogP contribution >= 0.6 is 11.6 Å². The first-order valence-corrected chi connectivity index (χ1v) is 6.64. The van der Waals surface area contributed by atoms with Crippen molar-refractivity contribution < 1.29 is 9.47 Å². The zero-order valence-electron chi connectivity index (χ0n) is 12.2. The van der Waals surface area contributed by atoms with Crippen molar-refractivity contribution >= 4 is 17.4 Å². The molecule has 0 aliphatic heterocycles. The molecule has 0 aromatic carbocycles. The molecule has 1 atom stereocenters. The molecule has 0 aliphatic rings. The average molecular weight is 288 g/mol. The molecule has 0 N–H and O–H groups in total. The van der Waals surface area contributed by atoms with Gasteiger partial charge in [-0.15, -0.1) is 0 Å². The van der Waals surface area contributed by atoms with E-state index in [1.54, 1.807) is 14.2 Å². The van der Waals surface area contributed by atoms with E-state index in [4.69, 9.17) is 21.1 Å². The fourth-order valence-electron chi connectivity index (χ4n) is 1.92. The highest BCUT2D eigenvalue weighted by molar-refractivity contribution is 6.30. The van der Waals surface area contributed by atoms with Crippen molar-refractivity contribution in [1.82, 2.24) is 9.97 Å². The number of halogens is 1. The SMILES string of the molecule is COCCN(c1nc(C)nc(Cl)c1C)C(C)COC. The topological polar surface area (TPSA) is 47.5 Å². The fourth-order valence-corrected chi connectivity index (χ4v) is 2.12. The van der Waals surface area contributed by atoms with Gasteiger partial charge in [0.05, 0.1) is 19.3 Å². The normalized spacial score (nSPS) is 12.5. The molecule has 0 saturated heterocycles. The zero-order valence-corrected chi connectivity index (χ0v) is 13.0. The van der Waals surface area contributed by atoms with Crippen molar-refractivity contribution in [3.63, 3.8) is 0 Å². The molecule has 1 unspecified atom stereocenters. The lowest BCUT2D eigenvalue weighted by atomic mass is 10.2. The maximum atomic E-state index is 6.14. The Morgan fingerprint density at radius 2 is 1.89 bits per heavy atom. The van der Waals surface area contributed by atoms with Crippen molar-refractivity contribution in [2.24, 2.45) is 0 Å². The van der Waals surface area contributed by atoms with Crippen LogP contribution in [-0.2, 0) is 9.47 Å². The van der Waals surface area contributed by atoms with Crippen LogP contribution in [0.25, 0.3) is 0 Å². The quantitative estimate of drug-likeness (QED) is 0.720. The van der Waals surface area contributed by atoms with Crippen molar-refractivity contribution in [3.05, 3.63) is 16.5 Å². The summed E-state index contributed by atoms with van der Waals surface area (Å²) in [7, 11) is 3.38. The predicted octanol–water partition coefficient (Wildman–Crippen LogP) is 2.23. The third kappa shape index (κ3) is 4.30. The number of aryl methyl sites for hydroxylation is 1. The highest BCUT2D eigenvalue weighted by Gasteiger charge is 2.19. The Hall–Kier alpha value is -0.910. The van der Waals surface area contributed by atoms with Crippen LogP contribution < -0.4 is 4.90 Å². The van der Waals surface area contributed by atoms with Crippen molar-refractivity contribution in [3.8, 4) is 0 Å². The summed E-state index contributed by atoms with van der Waals surface area (Å²) in [4.78, 5) is 10.8. The minimum Gasteiger partial charge on any atom is -0.383 e. The molecule has 108 valence electrons. The van der Waals surface area contributed by atoms with Gasteiger partial charge in [0.25, 0.3) is 0 Å². The third-order valence-electron chi connectivity index (χ3n) is 2.92. The number of nitrogens with zero attached hydrogens (tertiary/aromatic N) is 3. The number of methoxy groups -OCH3 is 2. The van der Waals surface area contributed by atoms with Gasteiger partial charge in [0.15, 0.2) is 0 Å². The highest BCUT2D eigenvalue weighted by Crippen LogP contribution is 2.24. The summed E-state index contributed by atoms with van der Waals surface area (Å²) in [6.07, 6.45) is 0. The lowest BCUT2D eigenvalue weighted by Crippen LogP contribution is -2.40. The van der Waals surface area contributed by atoms with E-state index in [0.29, 0.717) is 24.2 Å². The van der Waals surface area contributed by atoms with Crippen molar-refractivity contribution in [2.45, 2.75) is 26.8 Å². The Bertz CT molecular complexity index is 415. The van der Waals surface area contributed by atoms with E-state index < -0.39 is 0 Å². The van der Waals surface area contributed by atoms with Gasteiger partial charge in [-0.3, -0.25) is 0 Å². The maximum Gasteiger partial charge on any atom is 0.137 e. The van der Waals surface area contributed by atoms with E-state index in [-0.39, 0.29) is 6.04 Å². The van der Waals surface area contributed by atoms with Crippen LogP contribution in [0.5, 0.6) is 0 Å². The van der Waals surface area contributed by atoms with Gasteiger partial charge < -0.3 is 14.4 Å². The van der Waals surface area contributed by atoms with Crippen molar-refractivity contribution in [1.29, 1.82) is 0 Å². The molecular weight excluding hydrogens is 266 g/mol. The maximum absolute atomic E-state index is 6.14. The Labute approximate surface area is 119 Å². The molecule has 6 heteroatoms. The summed E-state index contributed by atoms with van der Waals surface area (Å²) in [5, 5.41) is 0.495. The largest absolute Gasteiger partial charge is 0.383 e. The second-order valence-corrected chi connectivity index (χ2v) is 4.86. The van der Waals surface area contributed by atoms with Gasteiger partial charge in [-0.1, -0.05) is 11.6 Å². The van der Waals surface area contributed by atoms with Crippen LogP contribution in [0.2, 0.25) is 5.15 Å². The summed E-state index contributed by atoms with van der Waals surface area (Å²) in [6.45, 7) is 7.82. The van der Waals surface area contributed by atoms with Gasteiger partial charge in [0, 0.05) is 26.3 Å². The van der Waals surface area contributed by atoms with Crippen LogP contribution in [-0.4, -0.2) is 50.0 Å². The number of rotatable bonds is 7. The number of hydrogen-bond acceptors (Lipinski definition) is 5. The fraction of sp³-hybridized carbons (Fsp3) is 0.692. The summed E-state index contributed by atoms with van der Waals surface area (Å²) >= 11 is 6.14. The van der Waals surface area contributed by atoms with E-state index in [9.17, 15) is 0 Å². The molecule has 0 bridgehead atoms. The van der Waals surface area contributed by atoms with E-state index in [1.165, 1.54) is 0 Å². The third-order valence-corrected chi connectivity index (χ3v) is 3.29. The number of ether oxygens (including phenoxy) is 2. The molecule has 5 nitrogen and oxygen atoms in total. The van der Waals surface area contributed by atoms with Gasteiger partial charge in [-0.05, 0) is 20.8 Å². The number of aromatic nitrogens is 2. The van der Waals surface area contributed by atoms with Crippen LogP contribution in [0.4, 0.5) is 5.82 Å². The van der Waals surface area contributed by atoms with Crippen LogP contribution in [0.3, 0.4) is 0 Å². The predicted molar refractivity (Wildman–Crippen MR) is 77.1 cm³/mol. The van der Waals surface area contributed by atoms with E-state index in [1.807, 2.05) is 13.8 Å². The lowest BCUT2D eigenvalue weighted by molar-refractivity contribution is 0.170. The lowest BCUT2D eigenvalue weighted by Gasteiger charge is -2.31. The molecule has 0 amide bonds. The van der Waals surface area contributed by atoms with Gasteiger partial charge >= 0.3 is 0 Å². The molecule has 1 aromatic rings. The van der Waals surface area contributed by atoms with Crippen LogP contribution in [0, 0.1) is 13.8 Å². The Balaban J connectivity index is 3.08. The minimum atomic E-state index is 0.184. The molecule has 0 fully saturated rings. The zero-order chi connectivity index (χ0) is 14.4. The first-order chi connectivity index (χ1) is 9.01. The van der Waals surface area contributed by atoms with E-state index in [2.05, 4.69) is 21.8 Å². The first-order valence-electron chi connectivity index (χ1n) is 6.26. The molecule has 0 spiro atoms. The highest BCUT2D eigenvalue weighted by atomic mass is 35.5. The Kier molecular flexibility index (Phi) is 6.48. The smallest absolute Gasteiger partial charge is 0.137 e. The van der Waals surface area contributed by atoms with Crippen molar-refractivity contribution in [2.75, 3.05) is 38.9 Å². The van der Waals surface area contributed by atoms with Gasteiger partial charge in [0.1, 0.15) is 16.8 Å². The summed E-state index contributed by atoms with van der Waals surface area (Å²) in [6, 6.07) is 0.184. The molecule has 1 rings (SSSR count). The average Bonchev–Trinajstić information content (AvgIpc) is 2.35. The molecule has 0 aliphatic carbocycles. The van der Waals surface area contributed by atoms with Gasteiger partial charge in [-0.2, -0.15) is 0 Å². The standard InChI is InChI=1S/C13H22ClN3O2/c1-9(8-19-5)17(6-7-18-4)13-10(2)12(14)15-11(3)16-13/h9H,6-8H2,1-5H3. The molecule has 0 saturated carbocycles. The molecule has 19 heavy (non-hydrogen) atoms. The Morgan fingerprint density at radius 3 is 2.47 bits per heavy atom. The van der Waals surface area contributed by atoms with E-state index >= 15 is 0 Å². The van der Waals surface area contributed by atoms with E-state index in [0.717, 1.165) is 17.9 Å². The van der Waals surface area contributed by atoms with Crippen LogP contribution in [0.15, 0.2) is 0 Å². The number of hydrogen-bond donors (Lipinski definition) is 0. The van der Waals surface area contributed by atoms with Crippen LogP contribution in [0.1, 0.15) is 18.3 Å². The minimum absolute atomic E-state index is 0.184. The first kappa shape index (κ1) is 16.1.